The molecule has 7 aromatic rings. The van der Waals surface area contributed by atoms with E-state index in [1.54, 1.807) is 36.8 Å². The third kappa shape index (κ3) is 8.24. The Balaban J connectivity index is 0.000000146. The molecule has 204 valence electrons. The maximum Gasteiger partial charge on any atom is 3.00 e. The summed E-state index contributed by atoms with van der Waals surface area (Å²) in [6.07, 6.45) is 5.21. The summed E-state index contributed by atoms with van der Waals surface area (Å²) in [5, 5.41) is 0.771. The average molecular weight is 723 g/mol. The van der Waals surface area contributed by atoms with Crippen molar-refractivity contribution in [2.24, 2.45) is 0 Å². The summed E-state index contributed by atoms with van der Waals surface area (Å²) in [5.74, 6) is 0. The SMILES string of the molecule is O=c1oc2ccccc2[c-]c1-c1ccccn1.[Ir+3].[c-]1ccccc1-c1ccccn1.[c-]1ccccc1-c1ccccn1. The number of hydrogen-bond acceptors (Lipinski definition) is 5. The molecule has 0 amide bonds. The van der Waals surface area contributed by atoms with Gasteiger partial charge in [0.05, 0.1) is 5.58 Å². The summed E-state index contributed by atoms with van der Waals surface area (Å²) in [4.78, 5) is 24.4. The van der Waals surface area contributed by atoms with Crippen molar-refractivity contribution in [3.8, 4) is 33.8 Å². The third-order valence-corrected chi connectivity index (χ3v) is 5.77. The first-order chi connectivity index (χ1) is 20.3. The van der Waals surface area contributed by atoms with E-state index < -0.39 is 5.63 Å². The second kappa shape index (κ2) is 15.7. The number of nitrogens with zero attached hydrogens (tertiary/aromatic N) is 3. The van der Waals surface area contributed by atoms with Crippen LogP contribution in [0, 0.1) is 18.2 Å². The van der Waals surface area contributed by atoms with Crippen LogP contribution in [0.25, 0.3) is 44.7 Å². The Labute approximate surface area is 258 Å². The summed E-state index contributed by atoms with van der Waals surface area (Å²) >= 11 is 0. The molecule has 0 atom stereocenters. The van der Waals surface area contributed by atoms with Crippen LogP contribution in [0.1, 0.15) is 0 Å². The Kier molecular flexibility index (Phi) is 11.2. The van der Waals surface area contributed by atoms with Crippen molar-refractivity contribution < 1.29 is 24.5 Å². The van der Waals surface area contributed by atoms with Gasteiger partial charge >= 0.3 is 20.1 Å². The number of hydrogen-bond donors (Lipinski definition) is 0. The van der Waals surface area contributed by atoms with Crippen molar-refractivity contribution in [3.63, 3.8) is 0 Å². The molecule has 0 saturated heterocycles. The minimum atomic E-state index is -0.414. The van der Waals surface area contributed by atoms with Crippen LogP contribution in [0.15, 0.2) is 155 Å². The number of pyridine rings is 3. The molecule has 0 radical (unpaired) electrons. The van der Waals surface area contributed by atoms with Gasteiger partial charge in [-0.25, -0.2) is 0 Å². The summed E-state index contributed by atoms with van der Waals surface area (Å²) in [6.45, 7) is 0. The van der Waals surface area contributed by atoms with Crippen LogP contribution in [-0.2, 0) is 20.1 Å². The Morgan fingerprint density at radius 3 is 1.48 bits per heavy atom. The zero-order chi connectivity index (χ0) is 28.1. The minimum absolute atomic E-state index is 0. The van der Waals surface area contributed by atoms with Crippen LogP contribution in [0.5, 0.6) is 0 Å². The van der Waals surface area contributed by atoms with Gasteiger partial charge in [-0.05, 0) is 35.2 Å². The first-order valence-corrected chi connectivity index (χ1v) is 12.9. The van der Waals surface area contributed by atoms with Crippen LogP contribution in [0.4, 0.5) is 0 Å². The fourth-order valence-electron chi connectivity index (χ4n) is 3.82. The molecule has 0 bridgehead atoms. The van der Waals surface area contributed by atoms with Gasteiger partial charge in [0.2, 0.25) is 0 Å². The van der Waals surface area contributed by atoms with Gasteiger partial charge in [-0.15, -0.1) is 83.9 Å². The zero-order valence-corrected chi connectivity index (χ0v) is 24.7. The van der Waals surface area contributed by atoms with Crippen LogP contribution >= 0.6 is 0 Å². The molecule has 0 aliphatic heterocycles. The second-order valence-corrected chi connectivity index (χ2v) is 8.58. The molecule has 4 heterocycles. The molecule has 0 spiro atoms. The Morgan fingerprint density at radius 2 is 1.00 bits per heavy atom. The summed E-state index contributed by atoms with van der Waals surface area (Å²) < 4.78 is 5.22. The zero-order valence-electron chi connectivity index (χ0n) is 22.3. The summed E-state index contributed by atoms with van der Waals surface area (Å²) in [5.41, 5.74) is 5.09. The fourth-order valence-corrected chi connectivity index (χ4v) is 3.82. The molecule has 3 aromatic carbocycles. The number of aromatic nitrogens is 3. The normalized spacial score (nSPS) is 9.81. The Hall–Kier alpha value is -5.03. The van der Waals surface area contributed by atoms with E-state index >= 15 is 0 Å². The van der Waals surface area contributed by atoms with Gasteiger partial charge in [0, 0.05) is 24.3 Å². The van der Waals surface area contributed by atoms with Crippen LogP contribution < -0.4 is 5.63 Å². The molecule has 0 fully saturated rings. The molecule has 6 heteroatoms. The van der Waals surface area contributed by atoms with Gasteiger partial charge in [-0.2, -0.15) is 0 Å². The Morgan fingerprint density at radius 1 is 0.524 bits per heavy atom. The van der Waals surface area contributed by atoms with Crippen molar-refractivity contribution in [2.45, 2.75) is 0 Å². The smallest absolute Gasteiger partial charge is 0.496 e. The second-order valence-electron chi connectivity index (χ2n) is 8.58. The molecule has 7 rings (SSSR count). The van der Waals surface area contributed by atoms with Crippen molar-refractivity contribution >= 4 is 11.0 Å². The van der Waals surface area contributed by atoms with Crippen molar-refractivity contribution in [2.75, 3.05) is 0 Å². The van der Waals surface area contributed by atoms with Crippen LogP contribution in [0.2, 0.25) is 0 Å². The number of fused-ring (bicyclic) bond motifs is 1. The molecule has 0 aliphatic carbocycles. The number of para-hydroxylation sites is 1. The van der Waals surface area contributed by atoms with E-state index in [0.29, 0.717) is 16.8 Å². The maximum absolute atomic E-state index is 11.8. The van der Waals surface area contributed by atoms with Gasteiger partial charge in [0.25, 0.3) is 5.63 Å². The average Bonchev–Trinajstić information content (AvgIpc) is 3.07. The first-order valence-electron chi connectivity index (χ1n) is 12.9. The van der Waals surface area contributed by atoms with Gasteiger partial charge in [-0.3, -0.25) is 9.78 Å². The number of benzene rings is 3. The van der Waals surface area contributed by atoms with Gasteiger partial charge < -0.3 is 14.4 Å². The quantitative estimate of drug-likeness (QED) is 0.138. The van der Waals surface area contributed by atoms with E-state index in [-0.39, 0.29) is 20.1 Å². The van der Waals surface area contributed by atoms with Crippen LogP contribution in [-0.4, -0.2) is 15.0 Å². The molecular formula is C36H24IrN3O2. The molecule has 0 unspecified atom stereocenters. The minimum Gasteiger partial charge on any atom is -0.496 e. The molecule has 5 nitrogen and oxygen atoms in total. The summed E-state index contributed by atoms with van der Waals surface area (Å²) in [6, 6.07) is 49.4. The molecular weight excluding hydrogens is 699 g/mol. The third-order valence-electron chi connectivity index (χ3n) is 5.77. The van der Waals surface area contributed by atoms with Crippen molar-refractivity contribution in [1.82, 2.24) is 15.0 Å². The topological polar surface area (TPSA) is 68.9 Å². The molecule has 42 heavy (non-hydrogen) atoms. The van der Waals surface area contributed by atoms with E-state index in [2.05, 4.69) is 33.2 Å². The largest absolute Gasteiger partial charge is 3.00 e. The van der Waals surface area contributed by atoms with E-state index in [9.17, 15) is 4.79 Å². The van der Waals surface area contributed by atoms with Gasteiger partial charge in [0.1, 0.15) is 0 Å². The van der Waals surface area contributed by atoms with E-state index in [1.165, 1.54) is 0 Å². The molecule has 4 aromatic heterocycles. The predicted molar refractivity (Wildman–Crippen MR) is 162 cm³/mol. The summed E-state index contributed by atoms with van der Waals surface area (Å²) in [7, 11) is 0. The Bertz CT molecular complexity index is 1680. The number of rotatable bonds is 3. The van der Waals surface area contributed by atoms with Crippen molar-refractivity contribution in [1.29, 1.82) is 0 Å². The molecule has 0 aliphatic rings. The van der Waals surface area contributed by atoms with Crippen molar-refractivity contribution in [3.05, 3.63) is 175 Å². The monoisotopic (exact) mass is 723 g/mol. The predicted octanol–water partition coefficient (Wildman–Crippen LogP) is 7.75. The van der Waals surface area contributed by atoms with Gasteiger partial charge in [0.15, 0.2) is 0 Å². The molecule has 0 saturated carbocycles. The fraction of sp³-hybridized carbons (Fsp3) is 0. The van der Waals surface area contributed by atoms with Crippen LogP contribution in [0.3, 0.4) is 0 Å². The maximum atomic E-state index is 11.8. The molecule has 0 N–H and O–H groups in total. The van der Waals surface area contributed by atoms with E-state index in [1.807, 2.05) is 109 Å². The standard InChI is InChI=1S/C14H8NO2.2C11H8N.Ir/c16-14-11(12-6-3-4-8-15-12)9-10-5-1-2-7-13(10)17-14;2*1-2-6-10(7-3-1)11-8-4-5-9-12-11;/h1-8H;2*1-6,8-9H;/q3*-1;+3. The van der Waals surface area contributed by atoms with Gasteiger partial charge in [-0.1, -0.05) is 60.0 Å². The van der Waals surface area contributed by atoms with E-state index in [4.69, 9.17) is 4.42 Å². The first kappa shape index (κ1) is 29.9. The van der Waals surface area contributed by atoms with E-state index in [0.717, 1.165) is 27.9 Å².